The van der Waals surface area contributed by atoms with Crippen LogP contribution in [-0.2, 0) is 28.6 Å². The zero-order chi connectivity index (χ0) is 53.6. The number of unbranched alkanes of at least 4 members (excludes halogenated alkanes) is 32. The molecule has 0 heterocycles. The minimum Gasteiger partial charge on any atom is -0.462 e. The third-order valence-electron chi connectivity index (χ3n) is 13.6. The Morgan fingerprint density at radius 2 is 0.527 bits per heavy atom. The van der Waals surface area contributed by atoms with Crippen LogP contribution in [0.15, 0.2) is 85.1 Å². The van der Waals surface area contributed by atoms with Crippen molar-refractivity contribution in [3.63, 3.8) is 0 Å². The highest BCUT2D eigenvalue weighted by molar-refractivity contribution is 5.71. The van der Waals surface area contributed by atoms with Crippen molar-refractivity contribution in [2.24, 2.45) is 0 Å². The molecule has 0 aromatic carbocycles. The quantitative estimate of drug-likeness (QED) is 0.0261. The van der Waals surface area contributed by atoms with E-state index in [9.17, 15) is 14.4 Å². The summed E-state index contributed by atoms with van der Waals surface area (Å²) in [5.41, 5.74) is 0. The molecule has 0 N–H and O–H groups in total. The summed E-state index contributed by atoms with van der Waals surface area (Å²) in [6, 6.07) is 0. The molecule has 0 rings (SSSR count). The Hall–Kier alpha value is -3.41. The number of hydrogen-bond acceptors (Lipinski definition) is 6. The zero-order valence-corrected chi connectivity index (χ0v) is 48.8. The van der Waals surface area contributed by atoms with Crippen LogP contribution < -0.4 is 0 Å². The number of rotatable bonds is 57. The van der Waals surface area contributed by atoms with Crippen molar-refractivity contribution in [2.75, 3.05) is 13.2 Å². The molecule has 0 bridgehead atoms. The lowest BCUT2D eigenvalue weighted by molar-refractivity contribution is -0.167. The standard InChI is InChI=1S/C68H118O6/c1-4-7-10-13-16-19-22-25-27-29-31-33-34-36-37-39-41-43-46-49-52-55-58-61-67(70)73-64-65(63-72-66(69)60-57-54-51-48-45-24-21-18-15-12-9-6-3)74-68(71)62-59-56-53-50-47-44-42-40-38-35-32-30-28-26-23-20-17-14-11-8-5-2/h8,11,17-18,20-21,26,28,32,35,40,42,47,50,65H,4-7,9-10,12-16,19,22-25,27,29-31,33-34,36-39,41,43-46,48-49,51-64H2,1-3H3/b11-8-,20-17-,21-18-,28-26-,35-32-,42-40-,50-47-. The van der Waals surface area contributed by atoms with Gasteiger partial charge in [0.2, 0.25) is 0 Å². The van der Waals surface area contributed by atoms with E-state index < -0.39 is 6.10 Å². The van der Waals surface area contributed by atoms with Gasteiger partial charge in [0.1, 0.15) is 13.2 Å². The van der Waals surface area contributed by atoms with E-state index in [-0.39, 0.29) is 37.5 Å². The van der Waals surface area contributed by atoms with E-state index in [0.717, 1.165) is 96.3 Å². The molecule has 0 spiro atoms. The SMILES string of the molecule is CC/C=C\C/C=C\C/C=C\C/C=C\C/C=C\C/C=C\CCCCC(=O)OC(COC(=O)CCCCCCC/C=C\CCCCC)COC(=O)CCCCCCCCCCCCCCCCCCCCCCCCC. The van der Waals surface area contributed by atoms with Gasteiger partial charge in [0.25, 0.3) is 0 Å². The van der Waals surface area contributed by atoms with E-state index in [4.69, 9.17) is 14.2 Å². The van der Waals surface area contributed by atoms with E-state index in [2.05, 4.69) is 106 Å². The molecular weight excluding hydrogens is 913 g/mol. The average Bonchev–Trinajstić information content (AvgIpc) is 3.40. The van der Waals surface area contributed by atoms with Crippen molar-refractivity contribution < 1.29 is 28.6 Å². The van der Waals surface area contributed by atoms with Gasteiger partial charge in [-0.25, -0.2) is 0 Å². The molecule has 0 aliphatic rings. The minimum absolute atomic E-state index is 0.0944. The fraction of sp³-hybridized carbons (Fsp3) is 0.750. The van der Waals surface area contributed by atoms with Gasteiger partial charge >= 0.3 is 17.9 Å². The molecule has 1 unspecified atom stereocenters. The first-order valence-corrected chi connectivity index (χ1v) is 31.6. The largest absolute Gasteiger partial charge is 0.462 e. The summed E-state index contributed by atoms with van der Waals surface area (Å²) in [4.78, 5) is 38.2. The molecule has 426 valence electrons. The molecule has 6 heteroatoms. The number of esters is 3. The highest BCUT2D eigenvalue weighted by Crippen LogP contribution is 2.17. The summed E-state index contributed by atoms with van der Waals surface area (Å²) >= 11 is 0. The van der Waals surface area contributed by atoms with Crippen LogP contribution in [0.5, 0.6) is 0 Å². The van der Waals surface area contributed by atoms with Gasteiger partial charge in [-0.3, -0.25) is 14.4 Å². The number of ether oxygens (including phenoxy) is 3. The van der Waals surface area contributed by atoms with Gasteiger partial charge in [-0.2, -0.15) is 0 Å². The Morgan fingerprint density at radius 3 is 0.892 bits per heavy atom. The molecule has 74 heavy (non-hydrogen) atoms. The van der Waals surface area contributed by atoms with Crippen molar-refractivity contribution in [2.45, 2.75) is 316 Å². The Morgan fingerprint density at radius 1 is 0.284 bits per heavy atom. The van der Waals surface area contributed by atoms with E-state index in [1.807, 2.05) is 0 Å². The van der Waals surface area contributed by atoms with Crippen molar-refractivity contribution in [3.8, 4) is 0 Å². The van der Waals surface area contributed by atoms with E-state index in [1.54, 1.807) is 0 Å². The van der Waals surface area contributed by atoms with E-state index in [1.165, 1.54) is 167 Å². The Labute approximate surface area is 458 Å². The third kappa shape index (κ3) is 59.5. The van der Waals surface area contributed by atoms with Crippen molar-refractivity contribution in [1.82, 2.24) is 0 Å². The highest BCUT2D eigenvalue weighted by atomic mass is 16.6. The van der Waals surface area contributed by atoms with Gasteiger partial charge in [-0.1, -0.05) is 279 Å². The van der Waals surface area contributed by atoms with Crippen molar-refractivity contribution in [3.05, 3.63) is 85.1 Å². The summed E-state index contributed by atoms with van der Waals surface area (Å²) in [7, 11) is 0. The smallest absolute Gasteiger partial charge is 0.306 e. The number of hydrogen-bond donors (Lipinski definition) is 0. The summed E-state index contributed by atoms with van der Waals surface area (Å²) in [5.74, 6) is -0.937. The minimum atomic E-state index is -0.803. The fourth-order valence-electron chi connectivity index (χ4n) is 8.91. The van der Waals surface area contributed by atoms with Gasteiger partial charge < -0.3 is 14.2 Å². The Kier molecular flexibility index (Phi) is 59.3. The maximum absolute atomic E-state index is 12.9. The maximum Gasteiger partial charge on any atom is 0.306 e. The van der Waals surface area contributed by atoms with Crippen LogP contribution in [0, 0.1) is 0 Å². The van der Waals surface area contributed by atoms with Crippen LogP contribution >= 0.6 is 0 Å². The maximum atomic E-state index is 12.9. The monoisotopic (exact) mass is 1030 g/mol. The van der Waals surface area contributed by atoms with Crippen LogP contribution in [0.3, 0.4) is 0 Å². The van der Waals surface area contributed by atoms with Crippen LogP contribution in [0.4, 0.5) is 0 Å². The van der Waals surface area contributed by atoms with Gasteiger partial charge in [-0.05, 0) is 96.3 Å². The second-order valence-corrected chi connectivity index (χ2v) is 20.9. The molecule has 1 atom stereocenters. The zero-order valence-electron chi connectivity index (χ0n) is 48.8. The normalized spacial score (nSPS) is 12.6. The fourth-order valence-corrected chi connectivity index (χ4v) is 8.91. The second-order valence-electron chi connectivity index (χ2n) is 20.9. The predicted octanol–water partition coefficient (Wildman–Crippen LogP) is 21.5. The molecule has 6 nitrogen and oxygen atoms in total. The summed E-state index contributed by atoms with van der Waals surface area (Å²) < 4.78 is 16.9. The molecule has 0 amide bonds. The van der Waals surface area contributed by atoms with Crippen LogP contribution in [-0.4, -0.2) is 37.2 Å². The lowest BCUT2D eigenvalue weighted by Crippen LogP contribution is -2.30. The predicted molar refractivity (Wildman–Crippen MR) is 321 cm³/mol. The molecular formula is C68H118O6. The van der Waals surface area contributed by atoms with Crippen LogP contribution in [0.2, 0.25) is 0 Å². The van der Waals surface area contributed by atoms with Crippen LogP contribution in [0.1, 0.15) is 310 Å². The number of carbonyl (C=O) groups is 3. The van der Waals surface area contributed by atoms with Gasteiger partial charge in [0.15, 0.2) is 6.10 Å². The summed E-state index contributed by atoms with van der Waals surface area (Å²) in [6.07, 6.45) is 81.7. The molecule has 0 saturated heterocycles. The van der Waals surface area contributed by atoms with Crippen molar-refractivity contribution in [1.29, 1.82) is 0 Å². The summed E-state index contributed by atoms with van der Waals surface area (Å²) in [5, 5.41) is 0. The highest BCUT2D eigenvalue weighted by Gasteiger charge is 2.19. The van der Waals surface area contributed by atoms with E-state index >= 15 is 0 Å². The molecule has 0 aromatic heterocycles. The molecule has 0 aliphatic heterocycles. The second kappa shape index (κ2) is 62.1. The first kappa shape index (κ1) is 70.6. The molecule has 0 fully saturated rings. The number of carbonyl (C=O) groups excluding carboxylic acids is 3. The summed E-state index contributed by atoms with van der Waals surface area (Å²) in [6.45, 7) is 6.49. The van der Waals surface area contributed by atoms with Gasteiger partial charge in [-0.15, -0.1) is 0 Å². The van der Waals surface area contributed by atoms with Crippen LogP contribution in [0.25, 0.3) is 0 Å². The first-order chi connectivity index (χ1) is 36.5. The Bertz CT molecular complexity index is 1420. The molecule has 0 aromatic rings. The molecule has 0 radical (unpaired) electrons. The van der Waals surface area contributed by atoms with Gasteiger partial charge in [0, 0.05) is 19.3 Å². The first-order valence-electron chi connectivity index (χ1n) is 31.6. The van der Waals surface area contributed by atoms with Crippen molar-refractivity contribution >= 4 is 17.9 Å². The Balaban J connectivity index is 4.36. The van der Waals surface area contributed by atoms with Gasteiger partial charge in [0.05, 0.1) is 0 Å². The average molecular weight is 1030 g/mol. The lowest BCUT2D eigenvalue weighted by Gasteiger charge is -2.18. The topological polar surface area (TPSA) is 78.9 Å². The molecule has 0 saturated carbocycles. The third-order valence-corrected chi connectivity index (χ3v) is 13.6. The lowest BCUT2D eigenvalue weighted by atomic mass is 10.0. The van der Waals surface area contributed by atoms with E-state index in [0.29, 0.717) is 19.3 Å². The number of allylic oxidation sites excluding steroid dienone is 14. The molecule has 0 aliphatic carbocycles.